The maximum absolute atomic E-state index is 12.0. The third-order valence-corrected chi connectivity index (χ3v) is 4.25. The molecule has 2 aromatic carbocycles. The fourth-order valence-corrected chi connectivity index (χ4v) is 2.72. The molecule has 0 radical (unpaired) electrons. The van der Waals surface area contributed by atoms with Gasteiger partial charge >= 0.3 is 0 Å². The molecule has 3 rings (SSSR count). The molecule has 0 aliphatic carbocycles. The average Bonchev–Trinajstić information content (AvgIpc) is 3.21. The molecular formula is C22H25N5O2. The summed E-state index contributed by atoms with van der Waals surface area (Å²) < 4.78 is 7.52. The maximum atomic E-state index is 12.0. The summed E-state index contributed by atoms with van der Waals surface area (Å²) in [6.45, 7) is 5.03. The van der Waals surface area contributed by atoms with E-state index >= 15 is 0 Å². The highest BCUT2D eigenvalue weighted by Crippen LogP contribution is 2.15. The third kappa shape index (κ3) is 6.27. The van der Waals surface area contributed by atoms with E-state index < -0.39 is 0 Å². The maximum Gasteiger partial charge on any atom is 0.244 e. The number of hydrogen-bond donors (Lipinski definition) is 1. The molecule has 0 spiro atoms. The van der Waals surface area contributed by atoms with Gasteiger partial charge < -0.3 is 10.1 Å². The zero-order chi connectivity index (χ0) is 20.5. The lowest BCUT2D eigenvalue weighted by molar-refractivity contribution is -0.116. The number of ether oxygens (including phenoxy) is 1. The van der Waals surface area contributed by atoms with Gasteiger partial charge in [-0.1, -0.05) is 42.5 Å². The number of tetrazole rings is 1. The van der Waals surface area contributed by atoms with E-state index in [0.717, 1.165) is 22.7 Å². The fourth-order valence-electron chi connectivity index (χ4n) is 2.72. The van der Waals surface area contributed by atoms with Gasteiger partial charge in [-0.25, -0.2) is 4.68 Å². The van der Waals surface area contributed by atoms with Crippen LogP contribution in [0.15, 0.2) is 60.7 Å². The molecule has 1 N–H and O–H groups in total. The smallest absolute Gasteiger partial charge is 0.244 e. The molecule has 0 fully saturated rings. The van der Waals surface area contributed by atoms with Crippen LogP contribution in [0.2, 0.25) is 0 Å². The molecule has 0 saturated carbocycles. The summed E-state index contributed by atoms with van der Waals surface area (Å²) in [5.41, 5.74) is 2.05. The quantitative estimate of drug-likeness (QED) is 0.567. The van der Waals surface area contributed by atoms with Crippen LogP contribution in [0.25, 0.3) is 6.08 Å². The van der Waals surface area contributed by atoms with E-state index in [1.807, 2.05) is 68.4 Å². The Labute approximate surface area is 170 Å². The highest BCUT2D eigenvalue weighted by Gasteiger charge is 2.08. The Morgan fingerprint density at radius 2 is 1.90 bits per heavy atom. The molecule has 0 bridgehead atoms. The van der Waals surface area contributed by atoms with E-state index in [2.05, 4.69) is 20.8 Å². The number of benzene rings is 2. The van der Waals surface area contributed by atoms with Crippen LogP contribution < -0.4 is 10.1 Å². The minimum absolute atomic E-state index is 0.155. The largest absolute Gasteiger partial charge is 0.489 e. The normalized spacial score (nSPS) is 11.1. The molecule has 0 unspecified atom stereocenters. The van der Waals surface area contributed by atoms with Crippen LogP contribution >= 0.6 is 0 Å². The molecule has 1 aromatic heterocycles. The van der Waals surface area contributed by atoms with E-state index in [9.17, 15) is 4.79 Å². The summed E-state index contributed by atoms with van der Waals surface area (Å²) in [6.07, 6.45) is 3.87. The second-order valence-electron chi connectivity index (χ2n) is 6.85. The number of rotatable bonds is 9. The lowest BCUT2D eigenvalue weighted by Gasteiger charge is -2.07. The summed E-state index contributed by atoms with van der Waals surface area (Å²) in [5.74, 6) is 1.40. The van der Waals surface area contributed by atoms with Crippen LogP contribution in [0.4, 0.5) is 0 Å². The van der Waals surface area contributed by atoms with Gasteiger partial charge in [0, 0.05) is 19.0 Å². The van der Waals surface area contributed by atoms with Gasteiger partial charge in [-0.05, 0) is 53.6 Å². The molecule has 0 atom stereocenters. The molecule has 7 heteroatoms. The van der Waals surface area contributed by atoms with Crippen molar-refractivity contribution < 1.29 is 9.53 Å². The molecule has 0 saturated heterocycles. The van der Waals surface area contributed by atoms with Crippen molar-refractivity contribution in [3.8, 4) is 5.75 Å². The average molecular weight is 391 g/mol. The SMILES string of the molecule is CC(C)n1nnnc1CCNC(=O)/C=C/c1ccc(OCc2ccccc2)cc1. The van der Waals surface area contributed by atoms with Crippen LogP contribution in [-0.4, -0.2) is 32.7 Å². The van der Waals surface area contributed by atoms with Crippen molar-refractivity contribution in [1.82, 2.24) is 25.5 Å². The second-order valence-corrected chi connectivity index (χ2v) is 6.85. The Bertz CT molecular complexity index is 933. The first-order valence-corrected chi connectivity index (χ1v) is 9.61. The minimum atomic E-state index is -0.155. The molecule has 0 aliphatic rings. The van der Waals surface area contributed by atoms with Gasteiger partial charge in [0.15, 0.2) is 5.82 Å². The number of hydrogen-bond acceptors (Lipinski definition) is 5. The van der Waals surface area contributed by atoms with Crippen molar-refractivity contribution in [2.45, 2.75) is 32.9 Å². The summed E-state index contributed by atoms with van der Waals surface area (Å²) in [7, 11) is 0. The number of nitrogens with zero attached hydrogens (tertiary/aromatic N) is 4. The Morgan fingerprint density at radius 1 is 1.14 bits per heavy atom. The topological polar surface area (TPSA) is 81.9 Å². The highest BCUT2D eigenvalue weighted by molar-refractivity contribution is 5.91. The molecule has 1 heterocycles. The first kappa shape index (κ1) is 20.3. The number of amides is 1. The Kier molecular flexibility index (Phi) is 7.10. The second kappa shape index (κ2) is 10.2. The van der Waals surface area contributed by atoms with Crippen molar-refractivity contribution in [2.24, 2.45) is 0 Å². The standard InChI is InChI=1S/C22H25N5O2/c1-17(2)27-21(24-25-26-27)14-15-23-22(28)13-10-18-8-11-20(12-9-18)29-16-19-6-4-3-5-7-19/h3-13,17H,14-16H2,1-2H3,(H,23,28)/b13-10+. The predicted molar refractivity (Wildman–Crippen MR) is 111 cm³/mol. The summed E-state index contributed by atoms with van der Waals surface area (Å²) in [5, 5.41) is 14.5. The van der Waals surface area contributed by atoms with Crippen LogP contribution in [0.5, 0.6) is 5.75 Å². The minimum Gasteiger partial charge on any atom is -0.489 e. The monoisotopic (exact) mass is 391 g/mol. The number of aromatic nitrogens is 4. The third-order valence-electron chi connectivity index (χ3n) is 4.25. The van der Waals surface area contributed by atoms with Crippen molar-refractivity contribution in [1.29, 1.82) is 0 Å². The van der Waals surface area contributed by atoms with E-state index in [4.69, 9.17) is 4.74 Å². The zero-order valence-electron chi connectivity index (χ0n) is 16.7. The van der Waals surface area contributed by atoms with Crippen molar-refractivity contribution in [3.05, 3.63) is 77.6 Å². The number of carbonyl (C=O) groups is 1. The van der Waals surface area contributed by atoms with Gasteiger partial charge in [0.05, 0.1) is 6.04 Å². The fraction of sp³-hybridized carbons (Fsp3) is 0.273. The lowest BCUT2D eigenvalue weighted by atomic mass is 10.2. The van der Waals surface area contributed by atoms with E-state index in [-0.39, 0.29) is 11.9 Å². The number of nitrogens with one attached hydrogen (secondary N) is 1. The van der Waals surface area contributed by atoms with Crippen molar-refractivity contribution in [2.75, 3.05) is 6.54 Å². The zero-order valence-corrected chi connectivity index (χ0v) is 16.7. The Morgan fingerprint density at radius 3 is 2.62 bits per heavy atom. The molecule has 150 valence electrons. The van der Waals surface area contributed by atoms with E-state index in [0.29, 0.717) is 19.6 Å². The number of carbonyl (C=O) groups excluding carboxylic acids is 1. The molecular weight excluding hydrogens is 366 g/mol. The van der Waals surface area contributed by atoms with Gasteiger partial charge in [-0.2, -0.15) is 0 Å². The van der Waals surface area contributed by atoms with Crippen LogP contribution in [0.3, 0.4) is 0 Å². The molecule has 3 aromatic rings. The van der Waals surface area contributed by atoms with Crippen molar-refractivity contribution in [3.63, 3.8) is 0 Å². The van der Waals surface area contributed by atoms with Gasteiger partial charge in [0.25, 0.3) is 0 Å². The van der Waals surface area contributed by atoms with Crippen LogP contribution in [0.1, 0.15) is 36.8 Å². The molecule has 1 amide bonds. The van der Waals surface area contributed by atoms with Gasteiger partial charge in [-0.3, -0.25) is 4.79 Å². The summed E-state index contributed by atoms with van der Waals surface area (Å²) in [6, 6.07) is 17.8. The summed E-state index contributed by atoms with van der Waals surface area (Å²) >= 11 is 0. The van der Waals surface area contributed by atoms with Gasteiger partial charge in [0.2, 0.25) is 5.91 Å². The Balaban J connectivity index is 1.43. The molecule has 0 aliphatic heterocycles. The van der Waals surface area contributed by atoms with Gasteiger partial charge in [0.1, 0.15) is 12.4 Å². The van der Waals surface area contributed by atoms with E-state index in [1.54, 1.807) is 10.8 Å². The van der Waals surface area contributed by atoms with Crippen LogP contribution in [0, 0.1) is 0 Å². The molecule has 29 heavy (non-hydrogen) atoms. The molecule has 7 nitrogen and oxygen atoms in total. The van der Waals surface area contributed by atoms with Gasteiger partial charge in [-0.15, -0.1) is 5.10 Å². The van der Waals surface area contributed by atoms with E-state index in [1.165, 1.54) is 6.08 Å². The first-order chi connectivity index (χ1) is 14.1. The highest BCUT2D eigenvalue weighted by atomic mass is 16.5. The predicted octanol–water partition coefficient (Wildman–Crippen LogP) is 3.21. The summed E-state index contributed by atoms with van der Waals surface area (Å²) in [4.78, 5) is 12.0. The van der Waals surface area contributed by atoms with Crippen LogP contribution in [-0.2, 0) is 17.8 Å². The lowest BCUT2D eigenvalue weighted by Crippen LogP contribution is -2.25. The Hall–Kier alpha value is -3.48. The van der Waals surface area contributed by atoms with Crippen molar-refractivity contribution >= 4 is 12.0 Å². The first-order valence-electron chi connectivity index (χ1n) is 9.61.